The molecule has 0 atom stereocenters. The molecule has 0 aliphatic heterocycles. The zero-order valence-corrected chi connectivity index (χ0v) is 25.0. The first kappa shape index (κ1) is 30.6. The Morgan fingerprint density at radius 2 is 1.93 bits per heavy atom. The van der Waals surface area contributed by atoms with Gasteiger partial charge in [0.2, 0.25) is 5.91 Å². The number of fused-ring (bicyclic) bond motifs is 1. The van der Waals surface area contributed by atoms with Crippen molar-refractivity contribution < 1.29 is 27.8 Å². The maximum atomic E-state index is 13.1. The second-order valence-corrected chi connectivity index (χ2v) is 10.9. The fourth-order valence-corrected chi connectivity index (χ4v) is 4.94. The molecule has 41 heavy (non-hydrogen) atoms. The van der Waals surface area contributed by atoms with Crippen molar-refractivity contribution >= 4 is 51.0 Å². The quantitative estimate of drug-likeness (QED) is 0.132. The average Bonchev–Trinajstić information content (AvgIpc) is 3.32. The Balaban J connectivity index is 1.54. The van der Waals surface area contributed by atoms with E-state index in [-0.39, 0.29) is 18.1 Å². The van der Waals surface area contributed by atoms with Crippen LogP contribution < -0.4 is 10.1 Å². The van der Waals surface area contributed by atoms with E-state index < -0.39 is 17.3 Å². The van der Waals surface area contributed by atoms with Gasteiger partial charge in [-0.15, -0.1) is 0 Å². The number of carbonyl (C=O) groups is 1. The second-order valence-electron chi connectivity index (χ2n) is 10.1. The van der Waals surface area contributed by atoms with Crippen molar-refractivity contribution in [3.8, 4) is 11.5 Å². The number of hydrogen-bond acceptors (Lipinski definition) is 6. The Kier molecular flexibility index (Phi) is 9.42. The van der Waals surface area contributed by atoms with Crippen LogP contribution in [0, 0.1) is 0 Å². The molecular formula is C29H31F3IN5O3. The summed E-state index contributed by atoms with van der Waals surface area (Å²) in [6, 6.07) is 12.0. The summed E-state index contributed by atoms with van der Waals surface area (Å²) >= 11 is 2.18. The van der Waals surface area contributed by atoms with Gasteiger partial charge in [0.15, 0.2) is 5.82 Å². The van der Waals surface area contributed by atoms with Crippen molar-refractivity contribution in [3.05, 3.63) is 72.2 Å². The molecule has 2 N–H and O–H groups in total. The van der Waals surface area contributed by atoms with E-state index in [1.54, 1.807) is 30.9 Å². The van der Waals surface area contributed by atoms with E-state index in [2.05, 4.69) is 37.9 Å². The highest BCUT2D eigenvalue weighted by atomic mass is 127. The Morgan fingerprint density at radius 1 is 1.15 bits per heavy atom. The maximum Gasteiger partial charge on any atom is 0.416 e. The van der Waals surface area contributed by atoms with E-state index >= 15 is 0 Å². The number of rotatable bonds is 11. The summed E-state index contributed by atoms with van der Waals surface area (Å²) in [6.45, 7) is 6.59. The zero-order valence-electron chi connectivity index (χ0n) is 22.9. The molecule has 2 aromatic carbocycles. The summed E-state index contributed by atoms with van der Waals surface area (Å²) in [5.74, 6) is 1.00. The highest BCUT2D eigenvalue weighted by molar-refractivity contribution is 14.1. The Bertz CT molecular complexity index is 1520. The summed E-state index contributed by atoms with van der Waals surface area (Å²) < 4.78 is 47.7. The lowest BCUT2D eigenvalue weighted by Gasteiger charge is -2.25. The van der Waals surface area contributed by atoms with Crippen LogP contribution in [0.15, 0.2) is 61.1 Å². The van der Waals surface area contributed by atoms with Gasteiger partial charge in [0.25, 0.3) is 0 Å². The van der Waals surface area contributed by atoms with Gasteiger partial charge >= 0.3 is 6.18 Å². The normalized spacial score (nSPS) is 12.0. The first-order valence-corrected chi connectivity index (χ1v) is 14.5. The highest BCUT2D eigenvalue weighted by Gasteiger charge is 2.30. The van der Waals surface area contributed by atoms with Gasteiger partial charge in [-0.3, -0.25) is 4.79 Å². The number of nitrogens with zero attached hydrogens (tertiary/aromatic N) is 4. The van der Waals surface area contributed by atoms with Gasteiger partial charge in [0, 0.05) is 41.5 Å². The third kappa shape index (κ3) is 7.88. The minimum absolute atomic E-state index is 0.0375. The molecular weight excluding hydrogens is 650 g/mol. The maximum absolute atomic E-state index is 13.1. The number of amides is 1. The number of hydrogen-bond donors (Lipinski definition) is 2. The Hall–Kier alpha value is -3.39. The van der Waals surface area contributed by atoms with Crippen LogP contribution in [-0.2, 0) is 21.9 Å². The molecule has 0 bridgehead atoms. The third-order valence-corrected chi connectivity index (χ3v) is 7.16. The minimum Gasteiger partial charge on any atom is -0.457 e. The summed E-state index contributed by atoms with van der Waals surface area (Å²) in [4.78, 5) is 23.2. The number of aromatic nitrogens is 3. The standard InChI is InChI=1S/C29H31F3IN5O3/c1-4-37(25(39)16-28(2,3)40)12-13-38-11-10-23-26(38)27(35-18-34-23)36-21-8-9-24(19(14-21)17-33)41-22-7-5-6-20(15-22)29(30,31)32/h5-11,14-15,18,40H,4,12-13,16-17H2,1-3H3,(H,34,35,36). The van der Waals surface area contributed by atoms with Gasteiger partial charge in [-0.2, -0.15) is 13.2 Å². The van der Waals surface area contributed by atoms with E-state index in [9.17, 15) is 23.1 Å². The molecule has 0 saturated carbocycles. The molecule has 4 rings (SSSR count). The molecule has 4 aromatic rings. The van der Waals surface area contributed by atoms with Crippen molar-refractivity contribution in [2.45, 2.75) is 49.9 Å². The molecule has 2 heterocycles. The number of anilines is 2. The van der Waals surface area contributed by atoms with E-state index in [0.717, 1.165) is 34.4 Å². The number of likely N-dealkylation sites (N-methyl/N-ethyl adjacent to an activating group) is 1. The lowest BCUT2D eigenvalue weighted by molar-refractivity contribution is -0.138. The van der Waals surface area contributed by atoms with Crippen LogP contribution in [-0.4, -0.2) is 49.1 Å². The Morgan fingerprint density at radius 3 is 2.61 bits per heavy atom. The smallest absolute Gasteiger partial charge is 0.416 e. The topological polar surface area (TPSA) is 92.5 Å². The first-order valence-electron chi connectivity index (χ1n) is 13.0. The van der Waals surface area contributed by atoms with Crippen LogP contribution >= 0.6 is 22.6 Å². The lowest BCUT2D eigenvalue weighted by atomic mass is 10.0. The highest BCUT2D eigenvalue weighted by Crippen LogP contribution is 2.35. The first-order chi connectivity index (χ1) is 19.4. The van der Waals surface area contributed by atoms with E-state index in [1.807, 2.05) is 29.8 Å². The predicted octanol–water partition coefficient (Wildman–Crippen LogP) is 6.93. The fourth-order valence-electron chi connectivity index (χ4n) is 4.34. The molecule has 0 saturated heterocycles. The number of carbonyl (C=O) groups excluding carboxylic acids is 1. The van der Waals surface area contributed by atoms with Crippen molar-refractivity contribution in [1.82, 2.24) is 19.4 Å². The van der Waals surface area contributed by atoms with E-state index in [4.69, 9.17) is 4.74 Å². The molecule has 0 aliphatic carbocycles. The molecule has 8 nitrogen and oxygen atoms in total. The number of alkyl halides is 4. The average molecular weight is 681 g/mol. The number of aliphatic hydroxyl groups is 1. The summed E-state index contributed by atoms with van der Waals surface area (Å²) in [6.07, 6.45) is -1.07. The van der Waals surface area contributed by atoms with Gasteiger partial charge < -0.3 is 24.6 Å². The van der Waals surface area contributed by atoms with Crippen LogP contribution in [0.2, 0.25) is 0 Å². The molecule has 0 unspecified atom stereocenters. The van der Waals surface area contributed by atoms with Crippen molar-refractivity contribution in [3.63, 3.8) is 0 Å². The molecule has 0 fully saturated rings. The Labute approximate surface area is 249 Å². The number of benzene rings is 2. The predicted molar refractivity (Wildman–Crippen MR) is 160 cm³/mol. The van der Waals surface area contributed by atoms with Gasteiger partial charge in [0.1, 0.15) is 23.3 Å². The molecule has 0 aliphatic rings. The van der Waals surface area contributed by atoms with Crippen LogP contribution in [0.1, 0.15) is 38.3 Å². The summed E-state index contributed by atoms with van der Waals surface area (Å²) in [5, 5.41) is 13.4. The molecule has 12 heteroatoms. The van der Waals surface area contributed by atoms with Crippen molar-refractivity contribution in [2.24, 2.45) is 0 Å². The van der Waals surface area contributed by atoms with Crippen LogP contribution in [0.25, 0.3) is 11.0 Å². The van der Waals surface area contributed by atoms with Gasteiger partial charge in [0.05, 0.1) is 23.1 Å². The van der Waals surface area contributed by atoms with Gasteiger partial charge in [-0.1, -0.05) is 28.7 Å². The van der Waals surface area contributed by atoms with Crippen molar-refractivity contribution in [1.29, 1.82) is 0 Å². The van der Waals surface area contributed by atoms with Gasteiger partial charge in [-0.25, -0.2) is 9.97 Å². The molecule has 0 radical (unpaired) electrons. The number of ether oxygens (including phenoxy) is 1. The van der Waals surface area contributed by atoms with Crippen LogP contribution in [0.4, 0.5) is 24.7 Å². The molecule has 1 amide bonds. The number of halogens is 4. The monoisotopic (exact) mass is 681 g/mol. The molecule has 218 valence electrons. The molecule has 2 aromatic heterocycles. The fraction of sp³-hybridized carbons (Fsp3) is 0.345. The summed E-state index contributed by atoms with van der Waals surface area (Å²) in [7, 11) is 0. The largest absolute Gasteiger partial charge is 0.457 e. The number of nitrogens with one attached hydrogen (secondary N) is 1. The summed E-state index contributed by atoms with van der Waals surface area (Å²) in [5.41, 5.74) is 1.14. The van der Waals surface area contributed by atoms with Gasteiger partial charge in [-0.05, 0) is 63.2 Å². The van der Waals surface area contributed by atoms with E-state index in [0.29, 0.717) is 35.6 Å². The lowest BCUT2D eigenvalue weighted by Crippen LogP contribution is -2.38. The van der Waals surface area contributed by atoms with Crippen molar-refractivity contribution in [2.75, 3.05) is 18.4 Å². The van der Waals surface area contributed by atoms with Crippen LogP contribution in [0.3, 0.4) is 0 Å². The third-order valence-electron chi connectivity index (χ3n) is 6.34. The molecule has 0 spiro atoms. The zero-order chi connectivity index (χ0) is 29.8. The minimum atomic E-state index is -4.46. The second kappa shape index (κ2) is 12.6. The SMILES string of the molecule is CCN(CCn1ccc2ncnc(Nc3ccc(Oc4cccc(C(F)(F)F)c4)c(CI)c3)c21)C(=O)CC(C)(C)O. The van der Waals surface area contributed by atoms with Crippen LogP contribution in [0.5, 0.6) is 11.5 Å². The van der Waals surface area contributed by atoms with E-state index in [1.165, 1.54) is 18.5 Å².